The minimum atomic E-state index is -0.101. The lowest BCUT2D eigenvalue weighted by Gasteiger charge is -1.97. The van der Waals surface area contributed by atoms with Gasteiger partial charge < -0.3 is 4.98 Å². The second kappa shape index (κ2) is 4.40. The Kier molecular flexibility index (Phi) is 3.47. The molecule has 0 saturated carbocycles. The zero-order valence-corrected chi connectivity index (χ0v) is 8.52. The number of H-pyrrole nitrogens is 1. The number of aryl methyl sites for hydroxylation is 1. The summed E-state index contributed by atoms with van der Waals surface area (Å²) in [5.41, 5.74) is -0.101. The third-order valence-electron chi connectivity index (χ3n) is 1.58. The van der Waals surface area contributed by atoms with Crippen molar-refractivity contribution in [3.8, 4) is 0 Å². The Bertz CT molecular complexity index is 308. The van der Waals surface area contributed by atoms with E-state index in [4.69, 9.17) is 0 Å². The summed E-state index contributed by atoms with van der Waals surface area (Å²) >= 11 is 3.09. The molecule has 0 aliphatic carbocycles. The van der Waals surface area contributed by atoms with Crippen molar-refractivity contribution in [1.82, 2.24) is 9.97 Å². The maximum atomic E-state index is 11.1. The predicted molar refractivity (Wildman–Crippen MR) is 51.2 cm³/mol. The predicted octanol–water partition coefficient (Wildman–Crippen LogP) is 1.87. The van der Waals surface area contributed by atoms with Gasteiger partial charge in [-0.05, 0) is 22.4 Å². The van der Waals surface area contributed by atoms with Crippen molar-refractivity contribution in [3.05, 3.63) is 26.8 Å². The van der Waals surface area contributed by atoms with E-state index in [0.717, 1.165) is 25.1 Å². The summed E-state index contributed by atoms with van der Waals surface area (Å²) in [6.07, 6.45) is 4.56. The van der Waals surface area contributed by atoms with Gasteiger partial charge in [0.2, 0.25) is 0 Å². The number of aromatic amines is 1. The van der Waals surface area contributed by atoms with E-state index in [2.05, 4.69) is 32.8 Å². The molecule has 12 heavy (non-hydrogen) atoms. The van der Waals surface area contributed by atoms with Crippen LogP contribution in [0.3, 0.4) is 0 Å². The number of hydrogen-bond acceptors (Lipinski definition) is 2. The van der Waals surface area contributed by atoms with Crippen LogP contribution in [0.2, 0.25) is 0 Å². The lowest BCUT2D eigenvalue weighted by Crippen LogP contribution is -2.11. The van der Waals surface area contributed by atoms with Crippen molar-refractivity contribution in [2.75, 3.05) is 0 Å². The Hall–Kier alpha value is -0.640. The number of nitrogens with one attached hydrogen (secondary N) is 1. The minimum absolute atomic E-state index is 0.101. The largest absolute Gasteiger partial charge is 0.310 e. The summed E-state index contributed by atoms with van der Waals surface area (Å²) in [5.74, 6) is 0.769. The van der Waals surface area contributed by atoms with Crippen LogP contribution in [0, 0.1) is 0 Å². The first-order valence-electron chi connectivity index (χ1n) is 3.97. The molecule has 0 fully saturated rings. The highest BCUT2D eigenvalue weighted by Gasteiger charge is 1.97. The van der Waals surface area contributed by atoms with Gasteiger partial charge in [0.05, 0.1) is 0 Å². The SMILES string of the molecule is CCCCc1ncc(Br)c(=O)[nH]1. The molecule has 0 unspecified atom stereocenters. The van der Waals surface area contributed by atoms with Crippen LogP contribution in [0.15, 0.2) is 15.5 Å². The molecule has 0 bridgehead atoms. The van der Waals surface area contributed by atoms with Gasteiger partial charge in [-0.15, -0.1) is 0 Å². The molecule has 66 valence electrons. The first kappa shape index (κ1) is 9.45. The molecular formula is C8H11BrN2O. The molecule has 1 aromatic heterocycles. The molecule has 4 heteroatoms. The topological polar surface area (TPSA) is 45.8 Å². The average Bonchev–Trinajstić information content (AvgIpc) is 2.07. The number of halogens is 1. The molecule has 1 rings (SSSR count). The Labute approximate surface area is 79.4 Å². The van der Waals surface area contributed by atoms with Crippen LogP contribution in [0.25, 0.3) is 0 Å². The van der Waals surface area contributed by atoms with Crippen molar-refractivity contribution in [1.29, 1.82) is 0 Å². The zero-order valence-electron chi connectivity index (χ0n) is 6.93. The van der Waals surface area contributed by atoms with E-state index in [9.17, 15) is 4.79 Å². The molecular weight excluding hydrogens is 220 g/mol. The molecule has 0 saturated heterocycles. The van der Waals surface area contributed by atoms with Gasteiger partial charge in [0.1, 0.15) is 10.3 Å². The number of rotatable bonds is 3. The van der Waals surface area contributed by atoms with E-state index in [1.807, 2.05) is 0 Å². The second-order valence-electron chi connectivity index (χ2n) is 2.61. The Morgan fingerprint density at radius 2 is 2.42 bits per heavy atom. The quantitative estimate of drug-likeness (QED) is 0.863. The molecule has 1 heterocycles. The van der Waals surface area contributed by atoms with E-state index >= 15 is 0 Å². The van der Waals surface area contributed by atoms with Crippen molar-refractivity contribution in [2.45, 2.75) is 26.2 Å². The van der Waals surface area contributed by atoms with Gasteiger partial charge in [0, 0.05) is 12.6 Å². The second-order valence-corrected chi connectivity index (χ2v) is 3.46. The van der Waals surface area contributed by atoms with Gasteiger partial charge in [-0.25, -0.2) is 4.98 Å². The number of unbranched alkanes of at least 4 members (excludes halogenated alkanes) is 1. The third kappa shape index (κ3) is 2.44. The molecule has 0 amide bonds. The van der Waals surface area contributed by atoms with Crippen LogP contribution in [0.4, 0.5) is 0 Å². The molecule has 3 nitrogen and oxygen atoms in total. The molecule has 0 radical (unpaired) electrons. The first-order chi connectivity index (χ1) is 5.74. The molecule has 0 spiro atoms. The number of nitrogens with zero attached hydrogens (tertiary/aromatic N) is 1. The monoisotopic (exact) mass is 230 g/mol. The molecule has 1 aromatic rings. The molecule has 0 aromatic carbocycles. The Morgan fingerprint density at radius 1 is 1.67 bits per heavy atom. The van der Waals surface area contributed by atoms with E-state index in [1.165, 1.54) is 0 Å². The van der Waals surface area contributed by atoms with Crippen molar-refractivity contribution < 1.29 is 0 Å². The highest BCUT2D eigenvalue weighted by atomic mass is 79.9. The van der Waals surface area contributed by atoms with Crippen LogP contribution in [-0.4, -0.2) is 9.97 Å². The summed E-state index contributed by atoms with van der Waals surface area (Å²) in [4.78, 5) is 17.8. The highest BCUT2D eigenvalue weighted by Crippen LogP contribution is 2.00. The standard InChI is InChI=1S/C8H11BrN2O/c1-2-3-4-7-10-5-6(9)8(12)11-7/h5H,2-4H2,1H3,(H,10,11,12). The number of hydrogen-bond donors (Lipinski definition) is 1. The lowest BCUT2D eigenvalue weighted by atomic mass is 10.2. The number of aromatic nitrogens is 2. The van der Waals surface area contributed by atoms with E-state index in [0.29, 0.717) is 4.47 Å². The smallest absolute Gasteiger partial charge is 0.265 e. The van der Waals surface area contributed by atoms with E-state index in [1.54, 1.807) is 6.20 Å². The maximum Gasteiger partial charge on any atom is 0.265 e. The van der Waals surface area contributed by atoms with Crippen LogP contribution in [0.1, 0.15) is 25.6 Å². The van der Waals surface area contributed by atoms with Crippen molar-refractivity contribution >= 4 is 15.9 Å². The van der Waals surface area contributed by atoms with Gasteiger partial charge >= 0.3 is 0 Å². The van der Waals surface area contributed by atoms with Gasteiger partial charge in [0.15, 0.2) is 0 Å². The van der Waals surface area contributed by atoms with E-state index < -0.39 is 0 Å². The summed E-state index contributed by atoms with van der Waals surface area (Å²) in [6.45, 7) is 2.11. The Morgan fingerprint density at radius 3 is 3.00 bits per heavy atom. The molecule has 0 aliphatic rings. The summed E-state index contributed by atoms with van der Waals surface area (Å²) in [6, 6.07) is 0. The van der Waals surface area contributed by atoms with Gasteiger partial charge in [-0.2, -0.15) is 0 Å². The average molecular weight is 231 g/mol. The first-order valence-corrected chi connectivity index (χ1v) is 4.77. The molecule has 0 atom stereocenters. The fourth-order valence-electron chi connectivity index (χ4n) is 0.888. The summed E-state index contributed by atoms with van der Waals surface area (Å²) in [5, 5.41) is 0. The van der Waals surface area contributed by atoms with Gasteiger partial charge in [-0.1, -0.05) is 13.3 Å². The lowest BCUT2D eigenvalue weighted by molar-refractivity contribution is 0.746. The van der Waals surface area contributed by atoms with Crippen molar-refractivity contribution in [3.63, 3.8) is 0 Å². The fraction of sp³-hybridized carbons (Fsp3) is 0.500. The fourth-order valence-corrected chi connectivity index (χ4v) is 1.09. The maximum absolute atomic E-state index is 11.1. The van der Waals surface area contributed by atoms with Crippen LogP contribution in [-0.2, 0) is 6.42 Å². The highest BCUT2D eigenvalue weighted by molar-refractivity contribution is 9.10. The van der Waals surface area contributed by atoms with Crippen LogP contribution >= 0.6 is 15.9 Å². The van der Waals surface area contributed by atoms with Gasteiger partial charge in [-0.3, -0.25) is 4.79 Å². The molecule has 0 aliphatic heterocycles. The van der Waals surface area contributed by atoms with Crippen molar-refractivity contribution in [2.24, 2.45) is 0 Å². The normalized spacial score (nSPS) is 10.2. The van der Waals surface area contributed by atoms with Crippen LogP contribution in [0.5, 0.6) is 0 Å². The van der Waals surface area contributed by atoms with Gasteiger partial charge in [0.25, 0.3) is 5.56 Å². The third-order valence-corrected chi connectivity index (χ3v) is 2.14. The van der Waals surface area contributed by atoms with E-state index in [-0.39, 0.29) is 5.56 Å². The van der Waals surface area contributed by atoms with Crippen LogP contribution < -0.4 is 5.56 Å². The zero-order chi connectivity index (χ0) is 8.97. The Balaban J connectivity index is 2.76. The summed E-state index contributed by atoms with van der Waals surface area (Å²) in [7, 11) is 0. The molecule has 1 N–H and O–H groups in total. The summed E-state index contributed by atoms with van der Waals surface area (Å²) < 4.78 is 0.489. The minimum Gasteiger partial charge on any atom is -0.310 e.